The molecule has 94 valence electrons. The summed E-state index contributed by atoms with van der Waals surface area (Å²) in [5.74, 6) is 0. The molecule has 4 heteroatoms. The lowest BCUT2D eigenvalue weighted by Gasteiger charge is -2.34. The van der Waals surface area contributed by atoms with Gasteiger partial charge in [-0.3, -0.25) is 0 Å². The molecule has 0 aromatic heterocycles. The zero-order chi connectivity index (χ0) is 12.4. The number of morpholine rings is 1. The molecular formula is C13H19BrN2O. The maximum absolute atomic E-state index is 6.05. The summed E-state index contributed by atoms with van der Waals surface area (Å²) < 4.78 is 6.65. The maximum atomic E-state index is 6.05. The lowest BCUT2D eigenvalue weighted by atomic mass is 10.1. The Hall–Kier alpha value is -0.580. The van der Waals surface area contributed by atoms with Gasteiger partial charge < -0.3 is 15.4 Å². The molecule has 1 aliphatic heterocycles. The van der Waals surface area contributed by atoms with Crippen molar-refractivity contribution >= 4 is 21.6 Å². The topological polar surface area (TPSA) is 38.5 Å². The third kappa shape index (κ3) is 3.00. The Morgan fingerprint density at radius 2 is 2.29 bits per heavy atom. The van der Waals surface area contributed by atoms with Crippen LogP contribution in [0.3, 0.4) is 0 Å². The van der Waals surface area contributed by atoms with Crippen LogP contribution >= 0.6 is 15.9 Å². The van der Waals surface area contributed by atoms with E-state index < -0.39 is 0 Å². The highest BCUT2D eigenvalue weighted by molar-refractivity contribution is 9.10. The molecule has 2 unspecified atom stereocenters. The van der Waals surface area contributed by atoms with Crippen LogP contribution in [0.5, 0.6) is 0 Å². The average Bonchev–Trinajstić information content (AvgIpc) is 2.28. The molecule has 0 aliphatic carbocycles. The van der Waals surface area contributed by atoms with Gasteiger partial charge in [0.25, 0.3) is 0 Å². The van der Waals surface area contributed by atoms with E-state index in [2.05, 4.69) is 46.0 Å². The van der Waals surface area contributed by atoms with E-state index in [1.54, 1.807) is 0 Å². The maximum Gasteiger partial charge on any atom is 0.0722 e. The molecule has 1 aliphatic rings. The van der Waals surface area contributed by atoms with E-state index in [1.807, 2.05) is 6.92 Å². The molecule has 1 aromatic carbocycles. The minimum Gasteiger partial charge on any atom is -0.375 e. The second kappa shape index (κ2) is 5.38. The highest BCUT2D eigenvalue weighted by atomic mass is 79.9. The van der Waals surface area contributed by atoms with E-state index in [0.717, 1.165) is 24.2 Å². The zero-order valence-electron chi connectivity index (χ0n) is 10.3. The van der Waals surface area contributed by atoms with Crippen LogP contribution in [0.1, 0.15) is 25.5 Å². The summed E-state index contributed by atoms with van der Waals surface area (Å²) in [6.45, 7) is 6.79. The molecule has 1 heterocycles. The number of halogens is 1. The van der Waals surface area contributed by atoms with Crippen LogP contribution in [0, 0.1) is 0 Å². The lowest BCUT2D eigenvalue weighted by molar-refractivity contribution is 0.0531. The highest BCUT2D eigenvalue weighted by Crippen LogP contribution is 2.29. The Morgan fingerprint density at radius 3 is 2.94 bits per heavy atom. The van der Waals surface area contributed by atoms with Gasteiger partial charge in [-0.1, -0.05) is 15.9 Å². The molecule has 0 amide bonds. The standard InChI is InChI=1S/C13H19BrN2O/c1-9-8-16(5-6-17-9)13-4-3-11(14)7-12(13)10(2)15/h3-4,7,9-10H,5-6,8,15H2,1-2H3. The van der Waals surface area contributed by atoms with E-state index >= 15 is 0 Å². The van der Waals surface area contributed by atoms with E-state index in [4.69, 9.17) is 10.5 Å². The molecule has 2 N–H and O–H groups in total. The molecule has 1 saturated heterocycles. The van der Waals surface area contributed by atoms with Gasteiger partial charge in [0, 0.05) is 29.3 Å². The van der Waals surface area contributed by atoms with Crippen molar-refractivity contribution in [1.82, 2.24) is 0 Å². The monoisotopic (exact) mass is 298 g/mol. The first-order valence-electron chi connectivity index (χ1n) is 5.99. The van der Waals surface area contributed by atoms with Gasteiger partial charge in [0.05, 0.1) is 12.7 Å². The van der Waals surface area contributed by atoms with Crippen molar-refractivity contribution in [2.75, 3.05) is 24.6 Å². The van der Waals surface area contributed by atoms with Crippen LogP contribution in [0.2, 0.25) is 0 Å². The van der Waals surface area contributed by atoms with Crippen LogP contribution in [0.4, 0.5) is 5.69 Å². The fraction of sp³-hybridized carbons (Fsp3) is 0.538. The summed E-state index contributed by atoms with van der Waals surface area (Å²) in [6, 6.07) is 6.36. The smallest absolute Gasteiger partial charge is 0.0722 e. The fourth-order valence-electron chi connectivity index (χ4n) is 2.22. The van der Waals surface area contributed by atoms with Crippen molar-refractivity contribution in [1.29, 1.82) is 0 Å². The van der Waals surface area contributed by atoms with Gasteiger partial charge in [0.15, 0.2) is 0 Å². The first kappa shape index (κ1) is 12.9. The number of rotatable bonds is 2. The van der Waals surface area contributed by atoms with Gasteiger partial charge in [-0.05, 0) is 37.6 Å². The van der Waals surface area contributed by atoms with Crippen molar-refractivity contribution in [3.63, 3.8) is 0 Å². The van der Waals surface area contributed by atoms with E-state index in [9.17, 15) is 0 Å². The summed E-state index contributed by atoms with van der Waals surface area (Å²) in [4.78, 5) is 2.36. The SMILES string of the molecule is CC1CN(c2ccc(Br)cc2C(C)N)CCO1. The molecule has 17 heavy (non-hydrogen) atoms. The minimum absolute atomic E-state index is 0.0423. The second-order valence-corrected chi connectivity index (χ2v) is 5.53. The molecule has 0 spiro atoms. The Kier molecular flexibility index (Phi) is 4.07. The first-order chi connectivity index (χ1) is 8.08. The van der Waals surface area contributed by atoms with Crippen LogP contribution in [0.15, 0.2) is 22.7 Å². The summed E-state index contributed by atoms with van der Waals surface area (Å²) >= 11 is 3.50. The van der Waals surface area contributed by atoms with E-state index in [1.165, 1.54) is 11.3 Å². The van der Waals surface area contributed by atoms with Gasteiger partial charge in [0.1, 0.15) is 0 Å². The predicted octanol–water partition coefficient (Wildman–Crippen LogP) is 2.69. The van der Waals surface area contributed by atoms with Crippen LogP contribution in [-0.4, -0.2) is 25.8 Å². The molecule has 1 fully saturated rings. The Bertz CT molecular complexity index is 395. The largest absolute Gasteiger partial charge is 0.375 e. The number of nitrogens with two attached hydrogens (primary N) is 1. The molecule has 0 saturated carbocycles. The summed E-state index contributed by atoms with van der Waals surface area (Å²) in [7, 11) is 0. The summed E-state index contributed by atoms with van der Waals surface area (Å²) in [5.41, 5.74) is 8.47. The number of benzene rings is 1. The highest BCUT2D eigenvalue weighted by Gasteiger charge is 2.20. The van der Waals surface area contributed by atoms with Crippen molar-refractivity contribution in [2.45, 2.75) is 26.0 Å². The quantitative estimate of drug-likeness (QED) is 0.912. The van der Waals surface area contributed by atoms with Gasteiger partial charge >= 0.3 is 0 Å². The van der Waals surface area contributed by atoms with Crippen LogP contribution in [-0.2, 0) is 4.74 Å². The normalized spacial score (nSPS) is 22.6. The summed E-state index contributed by atoms with van der Waals surface area (Å²) in [6.07, 6.45) is 0.285. The third-order valence-electron chi connectivity index (χ3n) is 3.06. The van der Waals surface area contributed by atoms with E-state index in [-0.39, 0.29) is 12.1 Å². The van der Waals surface area contributed by atoms with Crippen molar-refractivity contribution in [3.05, 3.63) is 28.2 Å². The molecule has 0 radical (unpaired) electrons. The van der Waals surface area contributed by atoms with Gasteiger partial charge in [-0.25, -0.2) is 0 Å². The Balaban J connectivity index is 2.30. The zero-order valence-corrected chi connectivity index (χ0v) is 11.9. The minimum atomic E-state index is 0.0423. The predicted molar refractivity (Wildman–Crippen MR) is 74.4 cm³/mol. The Morgan fingerprint density at radius 1 is 1.53 bits per heavy atom. The molecule has 1 aromatic rings. The van der Waals surface area contributed by atoms with Crippen molar-refractivity contribution in [3.8, 4) is 0 Å². The van der Waals surface area contributed by atoms with E-state index in [0.29, 0.717) is 0 Å². The van der Waals surface area contributed by atoms with Crippen molar-refractivity contribution < 1.29 is 4.74 Å². The van der Waals surface area contributed by atoms with Crippen LogP contribution in [0.25, 0.3) is 0 Å². The fourth-order valence-corrected chi connectivity index (χ4v) is 2.59. The van der Waals surface area contributed by atoms with Crippen molar-refractivity contribution in [2.24, 2.45) is 5.73 Å². The second-order valence-electron chi connectivity index (χ2n) is 4.62. The summed E-state index contributed by atoms with van der Waals surface area (Å²) in [5, 5.41) is 0. The lowest BCUT2D eigenvalue weighted by Crippen LogP contribution is -2.41. The Labute approximate surface area is 111 Å². The number of hydrogen-bond acceptors (Lipinski definition) is 3. The molecule has 0 bridgehead atoms. The molecule has 2 rings (SSSR count). The molecule has 2 atom stereocenters. The number of nitrogens with zero attached hydrogens (tertiary/aromatic N) is 1. The third-order valence-corrected chi connectivity index (χ3v) is 3.56. The first-order valence-corrected chi connectivity index (χ1v) is 6.79. The molecular weight excluding hydrogens is 280 g/mol. The number of hydrogen-bond donors (Lipinski definition) is 1. The molecule has 3 nitrogen and oxygen atoms in total. The number of ether oxygens (including phenoxy) is 1. The average molecular weight is 299 g/mol. The van der Waals surface area contributed by atoms with Crippen LogP contribution < -0.4 is 10.6 Å². The number of anilines is 1. The van der Waals surface area contributed by atoms with Gasteiger partial charge in [-0.15, -0.1) is 0 Å². The van der Waals surface area contributed by atoms with Gasteiger partial charge in [-0.2, -0.15) is 0 Å². The van der Waals surface area contributed by atoms with Gasteiger partial charge in [0.2, 0.25) is 0 Å².